The summed E-state index contributed by atoms with van der Waals surface area (Å²) in [5.41, 5.74) is 2.35. The van der Waals surface area contributed by atoms with Gasteiger partial charge in [-0.15, -0.1) is 0 Å². The van der Waals surface area contributed by atoms with E-state index in [0.29, 0.717) is 24.3 Å². The highest BCUT2D eigenvalue weighted by Crippen LogP contribution is 2.28. The molecule has 1 atom stereocenters. The summed E-state index contributed by atoms with van der Waals surface area (Å²) in [6.45, 7) is 0.719. The zero-order valence-electron chi connectivity index (χ0n) is 15.7. The first-order chi connectivity index (χ1) is 13.7. The van der Waals surface area contributed by atoms with Crippen molar-refractivity contribution in [1.82, 2.24) is 9.88 Å². The van der Waals surface area contributed by atoms with E-state index in [1.165, 1.54) is 0 Å². The van der Waals surface area contributed by atoms with Crippen molar-refractivity contribution in [2.75, 3.05) is 13.7 Å². The highest BCUT2D eigenvalue weighted by Gasteiger charge is 2.36. The number of carbonyl (C=O) groups is 2. The van der Waals surface area contributed by atoms with Gasteiger partial charge in [0.25, 0.3) is 0 Å². The van der Waals surface area contributed by atoms with Gasteiger partial charge >= 0.3 is 6.09 Å². The normalized spacial score (nSPS) is 16.3. The minimum atomic E-state index is -0.506. The third kappa shape index (κ3) is 3.45. The topological polar surface area (TPSA) is 71.6 Å². The van der Waals surface area contributed by atoms with E-state index in [1.54, 1.807) is 18.2 Å². The van der Waals surface area contributed by atoms with Gasteiger partial charge in [-0.3, -0.25) is 9.69 Å². The van der Waals surface area contributed by atoms with Crippen LogP contribution in [0.4, 0.5) is 4.79 Å². The zero-order valence-corrected chi connectivity index (χ0v) is 15.7. The number of nitrogens with one attached hydrogen (secondary N) is 1. The van der Waals surface area contributed by atoms with Gasteiger partial charge in [-0.1, -0.05) is 30.3 Å². The number of aromatic amines is 1. The quantitative estimate of drug-likeness (QED) is 0.677. The molecule has 0 saturated carbocycles. The number of carbonyl (C=O) groups excluding carboxylic acids is 2. The average Bonchev–Trinajstić information content (AvgIpc) is 3.39. The second-order valence-corrected chi connectivity index (χ2v) is 6.87. The molecule has 0 bridgehead atoms. The molecule has 1 N–H and O–H groups in total. The second kappa shape index (κ2) is 7.76. The molecule has 6 nitrogen and oxygen atoms in total. The molecule has 2 aromatic carbocycles. The first-order valence-corrected chi connectivity index (χ1v) is 9.34. The number of hydrogen-bond acceptors (Lipinski definition) is 4. The van der Waals surface area contributed by atoms with Crippen LogP contribution in [-0.4, -0.2) is 41.5 Å². The number of amides is 1. The molecule has 144 valence electrons. The number of ether oxygens (including phenoxy) is 2. The molecule has 0 aliphatic carbocycles. The lowest BCUT2D eigenvalue weighted by Gasteiger charge is -2.23. The zero-order chi connectivity index (χ0) is 19.5. The monoisotopic (exact) mass is 378 g/mol. The van der Waals surface area contributed by atoms with Gasteiger partial charge in [0.2, 0.25) is 0 Å². The van der Waals surface area contributed by atoms with Crippen molar-refractivity contribution in [3.63, 3.8) is 0 Å². The lowest BCUT2D eigenvalue weighted by molar-refractivity contribution is 0.0739. The van der Waals surface area contributed by atoms with Crippen molar-refractivity contribution in [1.29, 1.82) is 0 Å². The summed E-state index contributed by atoms with van der Waals surface area (Å²) in [6.07, 6.45) is 2.67. The smallest absolute Gasteiger partial charge is 0.410 e. The molecule has 1 amide bonds. The number of methoxy groups -OCH3 is 1. The Hall–Kier alpha value is -3.28. The van der Waals surface area contributed by atoms with Gasteiger partial charge in [-0.2, -0.15) is 0 Å². The molecule has 0 unspecified atom stereocenters. The van der Waals surface area contributed by atoms with Crippen LogP contribution >= 0.6 is 0 Å². The summed E-state index contributed by atoms with van der Waals surface area (Å²) < 4.78 is 10.7. The summed E-state index contributed by atoms with van der Waals surface area (Å²) in [5, 5.41) is 0.800. The minimum Gasteiger partial charge on any atom is -0.497 e. The molecule has 2 heterocycles. The highest BCUT2D eigenvalue weighted by molar-refractivity contribution is 6.11. The molecule has 0 spiro atoms. The molecule has 1 fully saturated rings. The summed E-state index contributed by atoms with van der Waals surface area (Å²) in [7, 11) is 1.59. The van der Waals surface area contributed by atoms with Gasteiger partial charge in [-0.25, -0.2) is 4.79 Å². The van der Waals surface area contributed by atoms with Crippen LogP contribution in [0.3, 0.4) is 0 Å². The van der Waals surface area contributed by atoms with Crippen molar-refractivity contribution in [3.05, 3.63) is 65.9 Å². The Morgan fingerprint density at radius 2 is 2.00 bits per heavy atom. The van der Waals surface area contributed by atoms with Gasteiger partial charge < -0.3 is 14.5 Å². The maximum Gasteiger partial charge on any atom is 0.410 e. The van der Waals surface area contributed by atoms with Crippen LogP contribution in [0, 0.1) is 0 Å². The number of ketones is 1. The van der Waals surface area contributed by atoms with Crippen LogP contribution in [0.5, 0.6) is 5.75 Å². The Kier molecular flexibility index (Phi) is 5.02. The number of fused-ring (bicyclic) bond motifs is 1. The van der Waals surface area contributed by atoms with E-state index in [4.69, 9.17) is 9.47 Å². The van der Waals surface area contributed by atoms with Gasteiger partial charge in [0, 0.05) is 29.2 Å². The van der Waals surface area contributed by atoms with E-state index >= 15 is 0 Å². The Bertz CT molecular complexity index is 996. The molecule has 1 saturated heterocycles. The fourth-order valence-electron chi connectivity index (χ4n) is 3.67. The number of rotatable bonds is 5. The van der Waals surface area contributed by atoms with E-state index in [0.717, 1.165) is 22.9 Å². The third-order valence-corrected chi connectivity index (χ3v) is 5.15. The Labute approximate surface area is 163 Å². The van der Waals surface area contributed by atoms with E-state index < -0.39 is 12.1 Å². The molecule has 1 aromatic heterocycles. The Balaban J connectivity index is 1.51. The van der Waals surface area contributed by atoms with E-state index in [1.807, 2.05) is 48.5 Å². The van der Waals surface area contributed by atoms with E-state index in [9.17, 15) is 9.59 Å². The summed E-state index contributed by atoms with van der Waals surface area (Å²) >= 11 is 0. The maximum atomic E-state index is 13.2. The van der Waals surface area contributed by atoms with Crippen molar-refractivity contribution >= 4 is 22.8 Å². The van der Waals surface area contributed by atoms with Gasteiger partial charge in [0.1, 0.15) is 12.4 Å². The fraction of sp³-hybridized carbons (Fsp3) is 0.273. The SMILES string of the molecule is COc1ccc2[nH]cc(C(=O)[C@H]3CCCN3C(=O)OCc3ccccc3)c2c1. The van der Waals surface area contributed by atoms with Crippen LogP contribution in [0.1, 0.15) is 28.8 Å². The molecule has 0 radical (unpaired) electrons. The molecule has 1 aliphatic rings. The third-order valence-electron chi connectivity index (χ3n) is 5.15. The average molecular weight is 378 g/mol. The minimum absolute atomic E-state index is 0.0753. The number of Topliss-reactive ketones (excluding diaryl/α,β-unsaturated/α-hetero) is 1. The number of hydrogen-bond donors (Lipinski definition) is 1. The van der Waals surface area contributed by atoms with Crippen molar-refractivity contribution in [3.8, 4) is 5.75 Å². The van der Waals surface area contributed by atoms with Crippen LogP contribution in [0.25, 0.3) is 10.9 Å². The summed E-state index contributed by atoms with van der Waals surface area (Å²) in [5.74, 6) is 0.611. The van der Waals surface area contributed by atoms with Gasteiger partial charge in [-0.05, 0) is 36.6 Å². The first kappa shape index (κ1) is 18.1. The van der Waals surface area contributed by atoms with Crippen LogP contribution < -0.4 is 4.74 Å². The van der Waals surface area contributed by atoms with Crippen LogP contribution in [0.2, 0.25) is 0 Å². The molecule has 3 aromatic rings. The standard InChI is InChI=1S/C22H22N2O4/c1-27-16-9-10-19-17(12-16)18(13-23-19)21(25)20-8-5-11-24(20)22(26)28-14-15-6-3-2-4-7-15/h2-4,6-7,9-10,12-13,20,23H,5,8,11,14H2,1H3/t20-/m1/s1. The number of benzene rings is 2. The largest absolute Gasteiger partial charge is 0.497 e. The van der Waals surface area contributed by atoms with E-state index in [2.05, 4.69) is 4.98 Å². The van der Waals surface area contributed by atoms with Gasteiger partial charge in [0.05, 0.1) is 13.2 Å². The lowest BCUT2D eigenvalue weighted by atomic mass is 10.0. The number of nitrogens with zero attached hydrogens (tertiary/aromatic N) is 1. The first-order valence-electron chi connectivity index (χ1n) is 9.34. The predicted octanol–water partition coefficient (Wildman–Crippen LogP) is 4.16. The number of aromatic nitrogens is 1. The van der Waals surface area contributed by atoms with Crippen LogP contribution in [0.15, 0.2) is 54.7 Å². The molecule has 6 heteroatoms. The second-order valence-electron chi connectivity index (χ2n) is 6.87. The summed E-state index contributed by atoms with van der Waals surface area (Å²) in [4.78, 5) is 30.5. The lowest BCUT2D eigenvalue weighted by Crippen LogP contribution is -2.40. The highest BCUT2D eigenvalue weighted by atomic mass is 16.6. The summed E-state index contributed by atoms with van der Waals surface area (Å²) in [6, 6.07) is 14.6. The Morgan fingerprint density at radius 3 is 2.79 bits per heavy atom. The van der Waals surface area contributed by atoms with Crippen molar-refractivity contribution in [2.24, 2.45) is 0 Å². The molecular formula is C22H22N2O4. The molecular weight excluding hydrogens is 356 g/mol. The predicted molar refractivity (Wildman–Crippen MR) is 106 cm³/mol. The van der Waals surface area contributed by atoms with Crippen molar-refractivity contribution < 1.29 is 19.1 Å². The number of H-pyrrole nitrogens is 1. The maximum absolute atomic E-state index is 13.2. The van der Waals surface area contributed by atoms with Crippen molar-refractivity contribution in [2.45, 2.75) is 25.5 Å². The molecule has 4 rings (SSSR count). The fourth-order valence-corrected chi connectivity index (χ4v) is 3.67. The van der Waals surface area contributed by atoms with Crippen LogP contribution in [-0.2, 0) is 11.3 Å². The molecule has 28 heavy (non-hydrogen) atoms. The number of likely N-dealkylation sites (tertiary alicyclic amines) is 1. The van der Waals surface area contributed by atoms with E-state index in [-0.39, 0.29) is 12.4 Å². The Morgan fingerprint density at radius 1 is 1.18 bits per heavy atom. The molecule has 1 aliphatic heterocycles. The van der Waals surface area contributed by atoms with Gasteiger partial charge in [0.15, 0.2) is 5.78 Å².